The predicted molar refractivity (Wildman–Crippen MR) is 81.2 cm³/mol. The zero-order valence-electron chi connectivity index (χ0n) is 11.0. The largest absolute Gasteiger partial charge is 0.322 e. The number of hydrogen-bond acceptors (Lipinski definition) is 5. The van der Waals surface area contributed by atoms with Crippen molar-refractivity contribution in [1.82, 2.24) is 20.2 Å². The molecule has 9 heteroatoms. The van der Waals surface area contributed by atoms with Crippen molar-refractivity contribution >= 4 is 34.5 Å². The summed E-state index contributed by atoms with van der Waals surface area (Å²) < 4.78 is 13.6. The molecule has 0 saturated heterocycles. The maximum Gasteiger partial charge on any atom is 0.248 e. The average molecular weight is 338 g/mol. The van der Waals surface area contributed by atoms with Gasteiger partial charge >= 0.3 is 0 Å². The Hall–Kier alpha value is -2.32. The molecule has 0 aliphatic carbocycles. The van der Waals surface area contributed by atoms with Crippen LogP contribution in [0, 0.1) is 5.82 Å². The van der Waals surface area contributed by atoms with Crippen molar-refractivity contribution < 1.29 is 9.18 Å². The lowest BCUT2D eigenvalue weighted by Gasteiger charge is -2.05. The summed E-state index contributed by atoms with van der Waals surface area (Å²) >= 11 is 7.16. The first-order valence-corrected chi connectivity index (χ1v) is 7.49. The highest BCUT2D eigenvalue weighted by Gasteiger charge is 2.11. The lowest BCUT2D eigenvalue weighted by molar-refractivity contribution is -0.117. The van der Waals surface area contributed by atoms with Crippen LogP contribution >= 0.6 is 22.9 Å². The Bertz CT molecular complexity index is 805. The van der Waals surface area contributed by atoms with Gasteiger partial charge in [0.05, 0.1) is 5.69 Å². The SMILES string of the molecule is O=C(Cn1nnc(-c2ccsc2)n1)Nc1ccc(Cl)cc1F. The first kappa shape index (κ1) is 14.6. The normalized spacial score (nSPS) is 10.6. The van der Waals surface area contributed by atoms with Gasteiger partial charge in [0, 0.05) is 16.0 Å². The van der Waals surface area contributed by atoms with Crippen molar-refractivity contribution in [2.75, 3.05) is 5.32 Å². The molecule has 0 fully saturated rings. The van der Waals surface area contributed by atoms with Gasteiger partial charge in [-0.2, -0.15) is 16.1 Å². The monoisotopic (exact) mass is 337 g/mol. The quantitative estimate of drug-likeness (QED) is 0.794. The molecule has 3 rings (SSSR count). The number of tetrazole rings is 1. The van der Waals surface area contributed by atoms with Crippen LogP contribution in [0.5, 0.6) is 0 Å². The van der Waals surface area contributed by atoms with Gasteiger partial charge in [0.2, 0.25) is 11.7 Å². The average Bonchev–Trinajstić information content (AvgIpc) is 3.12. The van der Waals surface area contributed by atoms with Crippen LogP contribution in [0.2, 0.25) is 5.02 Å². The highest BCUT2D eigenvalue weighted by molar-refractivity contribution is 7.08. The zero-order chi connectivity index (χ0) is 15.5. The fourth-order valence-corrected chi connectivity index (χ4v) is 2.52. The van der Waals surface area contributed by atoms with Gasteiger partial charge in [-0.15, -0.1) is 10.2 Å². The molecule has 0 aliphatic rings. The molecule has 1 amide bonds. The van der Waals surface area contributed by atoms with Gasteiger partial charge in [-0.3, -0.25) is 4.79 Å². The number of nitrogens with one attached hydrogen (secondary N) is 1. The van der Waals surface area contributed by atoms with E-state index in [4.69, 9.17) is 11.6 Å². The summed E-state index contributed by atoms with van der Waals surface area (Å²) in [6, 6.07) is 5.86. The van der Waals surface area contributed by atoms with E-state index < -0.39 is 11.7 Å². The molecule has 1 aromatic carbocycles. The minimum atomic E-state index is -0.605. The maximum absolute atomic E-state index is 13.6. The van der Waals surface area contributed by atoms with E-state index in [1.165, 1.54) is 23.5 Å². The third-order valence-corrected chi connectivity index (χ3v) is 3.64. The van der Waals surface area contributed by atoms with E-state index in [1.54, 1.807) is 0 Å². The van der Waals surface area contributed by atoms with E-state index in [0.717, 1.165) is 16.4 Å². The third kappa shape index (κ3) is 3.29. The lowest BCUT2D eigenvalue weighted by atomic mass is 10.3. The van der Waals surface area contributed by atoms with Crippen LogP contribution in [0.15, 0.2) is 35.0 Å². The molecule has 0 unspecified atom stereocenters. The summed E-state index contributed by atoms with van der Waals surface area (Å²) in [7, 11) is 0. The number of carbonyl (C=O) groups excluding carboxylic acids is 1. The number of benzene rings is 1. The second-order valence-electron chi connectivity index (χ2n) is 4.33. The van der Waals surface area contributed by atoms with Crippen molar-refractivity contribution in [3.63, 3.8) is 0 Å². The van der Waals surface area contributed by atoms with Crippen LogP contribution in [0.1, 0.15) is 0 Å². The van der Waals surface area contributed by atoms with Crippen molar-refractivity contribution in [3.8, 4) is 11.4 Å². The summed E-state index contributed by atoms with van der Waals surface area (Å²) in [5.74, 6) is -0.631. The van der Waals surface area contributed by atoms with Gasteiger partial charge in [-0.05, 0) is 34.9 Å². The van der Waals surface area contributed by atoms with Crippen LogP contribution in [-0.2, 0) is 11.3 Å². The van der Waals surface area contributed by atoms with E-state index >= 15 is 0 Å². The topological polar surface area (TPSA) is 72.7 Å². The van der Waals surface area contributed by atoms with E-state index in [-0.39, 0.29) is 17.3 Å². The molecule has 3 aromatic rings. The van der Waals surface area contributed by atoms with Gasteiger partial charge < -0.3 is 5.32 Å². The third-order valence-electron chi connectivity index (χ3n) is 2.72. The molecule has 1 N–H and O–H groups in total. The van der Waals surface area contributed by atoms with Crippen LogP contribution in [-0.4, -0.2) is 26.1 Å². The van der Waals surface area contributed by atoms with Gasteiger partial charge in [-0.25, -0.2) is 4.39 Å². The number of aromatic nitrogens is 4. The summed E-state index contributed by atoms with van der Waals surface area (Å²) in [6.45, 7) is -0.167. The Kier molecular flexibility index (Phi) is 4.12. The van der Waals surface area contributed by atoms with Gasteiger partial charge in [-0.1, -0.05) is 11.6 Å². The number of rotatable bonds is 4. The Balaban J connectivity index is 1.67. The fraction of sp³-hybridized carbons (Fsp3) is 0.0769. The first-order valence-electron chi connectivity index (χ1n) is 6.17. The van der Waals surface area contributed by atoms with Crippen LogP contribution in [0.3, 0.4) is 0 Å². The van der Waals surface area contributed by atoms with E-state index in [9.17, 15) is 9.18 Å². The van der Waals surface area contributed by atoms with Gasteiger partial charge in [0.1, 0.15) is 12.4 Å². The van der Waals surface area contributed by atoms with Gasteiger partial charge in [0.25, 0.3) is 0 Å². The summed E-state index contributed by atoms with van der Waals surface area (Å²) in [4.78, 5) is 13.0. The molecule has 0 radical (unpaired) electrons. The minimum absolute atomic E-state index is 0.0487. The Morgan fingerprint density at radius 1 is 1.41 bits per heavy atom. The second kappa shape index (κ2) is 6.20. The van der Waals surface area contributed by atoms with Gasteiger partial charge in [0.15, 0.2) is 0 Å². The molecule has 0 aliphatic heterocycles. The molecule has 0 bridgehead atoms. The molecule has 2 heterocycles. The van der Waals surface area contributed by atoms with Crippen LogP contribution in [0.25, 0.3) is 11.4 Å². The number of nitrogens with zero attached hydrogens (tertiary/aromatic N) is 4. The highest BCUT2D eigenvalue weighted by Crippen LogP contribution is 2.19. The molecule has 0 atom stereocenters. The van der Waals surface area contributed by atoms with E-state index in [2.05, 4.69) is 20.7 Å². The Morgan fingerprint density at radius 2 is 2.27 bits per heavy atom. The maximum atomic E-state index is 13.6. The molecular formula is C13H9ClFN5OS. The van der Waals surface area contributed by atoms with E-state index in [0.29, 0.717) is 5.82 Å². The molecule has 6 nitrogen and oxygen atoms in total. The number of hydrogen-bond donors (Lipinski definition) is 1. The molecule has 0 saturated carbocycles. The lowest BCUT2D eigenvalue weighted by Crippen LogP contribution is -2.21. The first-order chi connectivity index (χ1) is 10.6. The molecule has 112 valence electrons. The standard InChI is InChI=1S/C13H9ClFN5OS/c14-9-1-2-11(10(15)5-9)16-12(21)6-20-18-13(17-19-20)8-3-4-22-7-8/h1-5,7H,6H2,(H,16,21). The van der Waals surface area contributed by atoms with Crippen molar-refractivity contribution in [2.45, 2.75) is 6.54 Å². The smallest absolute Gasteiger partial charge is 0.248 e. The Labute approximate surface area is 133 Å². The molecule has 0 spiro atoms. The van der Waals surface area contributed by atoms with Crippen molar-refractivity contribution in [3.05, 3.63) is 45.9 Å². The van der Waals surface area contributed by atoms with E-state index in [1.807, 2.05) is 16.8 Å². The number of anilines is 1. The molecule has 22 heavy (non-hydrogen) atoms. The van der Waals surface area contributed by atoms with Crippen LogP contribution < -0.4 is 5.32 Å². The summed E-state index contributed by atoms with van der Waals surface area (Å²) in [6.07, 6.45) is 0. The Morgan fingerprint density at radius 3 is 3.00 bits per heavy atom. The highest BCUT2D eigenvalue weighted by atomic mass is 35.5. The van der Waals surface area contributed by atoms with Crippen molar-refractivity contribution in [2.24, 2.45) is 0 Å². The molecular weight excluding hydrogens is 329 g/mol. The second-order valence-corrected chi connectivity index (χ2v) is 5.54. The number of thiophene rings is 1. The number of amides is 1. The fourth-order valence-electron chi connectivity index (χ4n) is 1.73. The zero-order valence-corrected chi connectivity index (χ0v) is 12.6. The number of carbonyl (C=O) groups is 1. The summed E-state index contributed by atoms with van der Waals surface area (Å²) in [5, 5.41) is 18.2. The molecule has 2 aromatic heterocycles. The van der Waals surface area contributed by atoms with Crippen LogP contribution in [0.4, 0.5) is 10.1 Å². The number of halogens is 2. The minimum Gasteiger partial charge on any atom is -0.322 e. The van der Waals surface area contributed by atoms with Crippen molar-refractivity contribution in [1.29, 1.82) is 0 Å². The predicted octanol–water partition coefficient (Wildman–Crippen LogP) is 2.83. The summed E-state index contributed by atoms with van der Waals surface area (Å²) in [5.41, 5.74) is 0.882.